The lowest BCUT2D eigenvalue weighted by molar-refractivity contribution is -0.114. The first kappa shape index (κ1) is 16.4. The fourth-order valence-electron chi connectivity index (χ4n) is 2.30. The summed E-state index contributed by atoms with van der Waals surface area (Å²) in [5.74, 6) is -1.84. The molecule has 0 saturated heterocycles. The molecule has 0 spiro atoms. The highest BCUT2D eigenvalue weighted by Gasteiger charge is 2.15. The Morgan fingerprint density at radius 2 is 1.80 bits per heavy atom. The summed E-state index contributed by atoms with van der Waals surface area (Å²) in [7, 11) is 0. The number of nitrogens with one attached hydrogen (secondary N) is 2. The summed E-state index contributed by atoms with van der Waals surface area (Å²) in [4.78, 5) is 35.2. The van der Waals surface area contributed by atoms with Crippen LogP contribution in [-0.2, 0) is 4.79 Å². The van der Waals surface area contributed by atoms with E-state index < -0.39 is 23.3 Å². The first-order valence-electron chi connectivity index (χ1n) is 7.35. The van der Waals surface area contributed by atoms with E-state index in [2.05, 4.69) is 10.6 Å². The first-order chi connectivity index (χ1) is 11.9. The Kier molecular flexibility index (Phi) is 4.30. The van der Waals surface area contributed by atoms with Gasteiger partial charge in [0.25, 0.3) is 5.91 Å². The molecule has 0 unspecified atom stereocenters. The van der Waals surface area contributed by atoms with Crippen molar-refractivity contribution in [2.24, 2.45) is 0 Å². The van der Waals surface area contributed by atoms with Crippen LogP contribution >= 0.6 is 0 Å². The van der Waals surface area contributed by atoms with Crippen molar-refractivity contribution in [3.05, 3.63) is 70.3 Å². The molecule has 0 aliphatic carbocycles. The first-order valence-corrected chi connectivity index (χ1v) is 7.35. The third kappa shape index (κ3) is 3.55. The summed E-state index contributed by atoms with van der Waals surface area (Å²) >= 11 is 0. The van der Waals surface area contributed by atoms with Gasteiger partial charge >= 0.3 is 5.63 Å². The van der Waals surface area contributed by atoms with Crippen LogP contribution in [0.3, 0.4) is 0 Å². The molecule has 7 heteroatoms. The maximum absolute atomic E-state index is 13.9. The zero-order chi connectivity index (χ0) is 18.0. The standard InChI is InChI=1S/C18H13FN2O4/c1-10(22)20-15-7-6-12(9-14(15)19)21-17(23)13-8-11-4-2-3-5-16(11)25-18(13)24/h2-9H,1H3,(H,20,22)(H,21,23). The van der Waals surface area contributed by atoms with E-state index in [4.69, 9.17) is 4.42 Å². The number of amides is 2. The van der Waals surface area contributed by atoms with Crippen LogP contribution in [0, 0.1) is 5.82 Å². The van der Waals surface area contributed by atoms with E-state index in [-0.39, 0.29) is 16.9 Å². The smallest absolute Gasteiger partial charge is 0.349 e. The summed E-state index contributed by atoms with van der Waals surface area (Å²) in [5, 5.41) is 5.35. The zero-order valence-corrected chi connectivity index (χ0v) is 13.1. The van der Waals surface area contributed by atoms with Gasteiger partial charge in [-0.1, -0.05) is 18.2 Å². The molecule has 0 aliphatic rings. The molecule has 126 valence electrons. The van der Waals surface area contributed by atoms with E-state index in [0.717, 1.165) is 6.07 Å². The molecule has 3 aromatic rings. The second-order valence-electron chi connectivity index (χ2n) is 5.32. The lowest BCUT2D eigenvalue weighted by atomic mass is 10.1. The van der Waals surface area contributed by atoms with Gasteiger partial charge < -0.3 is 15.1 Å². The number of benzene rings is 2. The Bertz CT molecular complexity index is 1040. The molecule has 1 aromatic heterocycles. The topological polar surface area (TPSA) is 88.4 Å². The highest BCUT2D eigenvalue weighted by Crippen LogP contribution is 2.20. The molecule has 0 atom stereocenters. The number of hydrogen-bond acceptors (Lipinski definition) is 4. The van der Waals surface area contributed by atoms with Crippen molar-refractivity contribution in [2.75, 3.05) is 10.6 Å². The normalized spacial score (nSPS) is 10.5. The van der Waals surface area contributed by atoms with Crippen LogP contribution in [-0.4, -0.2) is 11.8 Å². The molecule has 0 saturated carbocycles. The monoisotopic (exact) mass is 340 g/mol. The molecule has 0 fully saturated rings. The van der Waals surface area contributed by atoms with E-state index in [1.807, 2.05) is 0 Å². The van der Waals surface area contributed by atoms with Crippen LogP contribution in [0.4, 0.5) is 15.8 Å². The van der Waals surface area contributed by atoms with Gasteiger partial charge in [-0.3, -0.25) is 9.59 Å². The highest BCUT2D eigenvalue weighted by molar-refractivity contribution is 6.05. The van der Waals surface area contributed by atoms with Crippen molar-refractivity contribution in [3.63, 3.8) is 0 Å². The van der Waals surface area contributed by atoms with Crippen LogP contribution in [0.5, 0.6) is 0 Å². The maximum Gasteiger partial charge on any atom is 0.349 e. The largest absolute Gasteiger partial charge is 0.422 e. The number of anilines is 2. The molecule has 6 nitrogen and oxygen atoms in total. The van der Waals surface area contributed by atoms with Gasteiger partial charge in [-0.2, -0.15) is 0 Å². The lowest BCUT2D eigenvalue weighted by Crippen LogP contribution is -2.20. The molecule has 2 aromatic carbocycles. The maximum atomic E-state index is 13.9. The number of carbonyl (C=O) groups is 2. The Morgan fingerprint density at radius 1 is 1.04 bits per heavy atom. The quantitative estimate of drug-likeness (QED) is 0.717. The Morgan fingerprint density at radius 3 is 2.52 bits per heavy atom. The van der Waals surface area contributed by atoms with Crippen molar-refractivity contribution in [3.8, 4) is 0 Å². The van der Waals surface area contributed by atoms with Gasteiger partial charge in [0.05, 0.1) is 5.69 Å². The fraction of sp³-hybridized carbons (Fsp3) is 0.0556. The van der Waals surface area contributed by atoms with Crippen molar-refractivity contribution in [2.45, 2.75) is 6.92 Å². The average molecular weight is 340 g/mol. The predicted molar refractivity (Wildman–Crippen MR) is 91.1 cm³/mol. The van der Waals surface area contributed by atoms with Crippen molar-refractivity contribution in [1.82, 2.24) is 0 Å². The molecular formula is C18H13FN2O4. The van der Waals surface area contributed by atoms with Crippen LogP contribution in [0.25, 0.3) is 11.0 Å². The van der Waals surface area contributed by atoms with Crippen molar-refractivity contribution >= 4 is 34.2 Å². The summed E-state index contributed by atoms with van der Waals surface area (Å²) in [6, 6.07) is 12.0. The van der Waals surface area contributed by atoms with E-state index in [9.17, 15) is 18.8 Å². The number of carbonyl (C=O) groups excluding carboxylic acids is 2. The summed E-state index contributed by atoms with van der Waals surface area (Å²) in [6.07, 6.45) is 0. The Balaban J connectivity index is 1.87. The van der Waals surface area contributed by atoms with Gasteiger partial charge in [-0.15, -0.1) is 0 Å². The van der Waals surface area contributed by atoms with Gasteiger partial charge in [0.15, 0.2) is 0 Å². The molecule has 3 rings (SSSR count). The Labute approximate surface area is 141 Å². The third-order valence-corrected chi connectivity index (χ3v) is 3.42. The number of fused-ring (bicyclic) bond motifs is 1. The van der Waals surface area contributed by atoms with E-state index in [0.29, 0.717) is 11.0 Å². The van der Waals surface area contributed by atoms with Crippen molar-refractivity contribution < 1.29 is 18.4 Å². The lowest BCUT2D eigenvalue weighted by Gasteiger charge is -2.08. The molecular weight excluding hydrogens is 327 g/mol. The molecule has 0 aliphatic heterocycles. The molecule has 1 heterocycles. The highest BCUT2D eigenvalue weighted by atomic mass is 19.1. The summed E-state index contributed by atoms with van der Waals surface area (Å²) in [5.41, 5.74) is -0.466. The van der Waals surface area contributed by atoms with Crippen LogP contribution in [0.2, 0.25) is 0 Å². The van der Waals surface area contributed by atoms with Crippen molar-refractivity contribution in [1.29, 1.82) is 0 Å². The fourth-order valence-corrected chi connectivity index (χ4v) is 2.30. The van der Waals surface area contributed by atoms with E-state index in [1.165, 1.54) is 25.1 Å². The summed E-state index contributed by atoms with van der Waals surface area (Å²) < 4.78 is 19.0. The minimum Gasteiger partial charge on any atom is -0.422 e. The second-order valence-corrected chi connectivity index (χ2v) is 5.32. The van der Waals surface area contributed by atoms with Crippen LogP contribution < -0.4 is 16.3 Å². The van der Waals surface area contributed by atoms with Gasteiger partial charge in [-0.25, -0.2) is 9.18 Å². The average Bonchev–Trinajstić information content (AvgIpc) is 2.56. The van der Waals surface area contributed by atoms with Gasteiger partial charge in [-0.05, 0) is 30.3 Å². The van der Waals surface area contributed by atoms with E-state index >= 15 is 0 Å². The van der Waals surface area contributed by atoms with Gasteiger partial charge in [0.2, 0.25) is 5.91 Å². The third-order valence-electron chi connectivity index (χ3n) is 3.42. The number of halogens is 1. The minimum atomic E-state index is -0.786. The predicted octanol–water partition coefficient (Wildman–Crippen LogP) is 3.14. The second kappa shape index (κ2) is 6.56. The van der Waals surface area contributed by atoms with E-state index in [1.54, 1.807) is 24.3 Å². The van der Waals surface area contributed by atoms with Gasteiger partial charge in [0.1, 0.15) is 17.0 Å². The SMILES string of the molecule is CC(=O)Nc1ccc(NC(=O)c2cc3ccccc3oc2=O)cc1F. The Hall–Kier alpha value is -3.48. The molecule has 0 bridgehead atoms. The number of rotatable bonds is 3. The number of para-hydroxylation sites is 1. The minimum absolute atomic E-state index is 0.00396. The van der Waals surface area contributed by atoms with Crippen LogP contribution in [0.1, 0.15) is 17.3 Å². The van der Waals surface area contributed by atoms with Crippen LogP contribution in [0.15, 0.2) is 57.7 Å². The molecule has 2 amide bonds. The summed E-state index contributed by atoms with van der Waals surface area (Å²) in [6.45, 7) is 1.26. The number of hydrogen-bond donors (Lipinski definition) is 2. The molecule has 0 radical (unpaired) electrons. The molecule has 2 N–H and O–H groups in total. The molecule has 25 heavy (non-hydrogen) atoms. The van der Waals surface area contributed by atoms with Gasteiger partial charge in [0, 0.05) is 18.0 Å². The zero-order valence-electron chi connectivity index (χ0n) is 13.1.